The minimum Gasteiger partial charge on any atom is -1.00 e. The molecule has 0 aliphatic heterocycles. The Kier molecular flexibility index (Phi) is 21.8. The third kappa shape index (κ3) is 15.3. The van der Waals surface area contributed by atoms with Gasteiger partial charge in [-0.3, -0.25) is 0 Å². The molecule has 0 spiro atoms. The second-order valence-corrected chi connectivity index (χ2v) is 6.14. The molecule has 0 N–H and O–H groups in total. The summed E-state index contributed by atoms with van der Waals surface area (Å²) in [5.74, 6) is 1.04. The van der Waals surface area contributed by atoms with Gasteiger partial charge in [0.2, 0.25) is 0 Å². The van der Waals surface area contributed by atoms with Crippen LogP contribution in [0.15, 0.2) is 0 Å². The average Bonchev–Trinajstić information content (AvgIpc) is 2.36. The Labute approximate surface area is 139 Å². The van der Waals surface area contributed by atoms with Crippen LogP contribution in [-0.2, 0) is 0 Å². The first-order valence-electron chi connectivity index (χ1n) is 8.14. The molecule has 0 aromatic heterocycles. The Balaban J connectivity index is 0. The van der Waals surface area contributed by atoms with Gasteiger partial charge in [-0.2, -0.15) is 0 Å². The van der Waals surface area contributed by atoms with E-state index in [1.807, 2.05) is 0 Å². The van der Waals surface area contributed by atoms with Gasteiger partial charge in [0, 0.05) is 0 Å². The summed E-state index contributed by atoms with van der Waals surface area (Å²) in [4.78, 5) is 0. The quantitative estimate of drug-likeness (QED) is 0.360. The van der Waals surface area contributed by atoms with Crippen LogP contribution in [0, 0.1) is 5.92 Å². The second-order valence-electron chi connectivity index (χ2n) is 5.56. The van der Waals surface area contributed by atoms with Gasteiger partial charge in [0.1, 0.15) is 0 Å². The summed E-state index contributed by atoms with van der Waals surface area (Å²) in [6, 6.07) is 0. The van der Waals surface area contributed by atoms with Crippen LogP contribution < -0.4 is 17.0 Å². The van der Waals surface area contributed by atoms with Gasteiger partial charge in [-0.05, 0) is 0 Å². The van der Waals surface area contributed by atoms with Crippen molar-refractivity contribution in [2.24, 2.45) is 5.92 Å². The van der Waals surface area contributed by atoms with Crippen LogP contribution in [0.3, 0.4) is 0 Å². The van der Waals surface area contributed by atoms with Gasteiger partial charge in [0.15, 0.2) is 0 Å². The van der Waals surface area contributed by atoms with E-state index in [9.17, 15) is 0 Å². The van der Waals surface area contributed by atoms with Crippen molar-refractivity contribution in [3.8, 4) is 0 Å². The van der Waals surface area contributed by atoms with Crippen molar-refractivity contribution >= 4 is 21.7 Å². The number of rotatable bonds is 13. The van der Waals surface area contributed by atoms with Crippen molar-refractivity contribution in [3.63, 3.8) is 0 Å². The molecule has 0 heterocycles. The van der Waals surface area contributed by atoms with Gasteiger partial charge >= 0.3 is 123 Å². The molecule has 0 aromatic carbocycles. The average molecular weight is 330 g/mol. The first kappa shape index (κ1) is 21.5. The molecule has 1 unspecified atom stereocenters. The second kappa shape index (κ2) is 18.2. The zero-order valence-electron chi connectivity index (χ0n) is 12.9. The maximum Gasteiger partial charge on any atom is -1.00 e. The molecule has 0 radical (unpaired) electrons. The molecule has 0 bridgehead atoms. The molecule has 106 valence electrons. The van der Waals surface area contributed by atoms with Crippen molar-refractivity contribution in [1.29, 1.82) is 0 Å². The first-order chi connectivity index (χ1) is 8.35. The maximum atomic E-state index is 2.30. The van der Waals surface area contributed by atoms with E-state index in [0.29, 0.717) is 0 Å². The van der Waals surface area contributed by atoms with E-state index >= 15 is 0 Å². The third-order valence-corrected chi connectivity index (χ3v) is 4.66. The molecule has 0 nitrogen and oxygen atoms in total. The number of hydrogen-bond donors (Lipinski definition) is 0. The van der Waals surface area contributed by atoms with E-state index in [-0.39, 0.29) is 17.0 Å². The molecule has 1 atom stereocenters. The van der Waals surface area contributed by atoms with Crippen LogP contribution >= 0.6 is 0 Å². The van der Waals surface area contributed by atoms with E-state index in [1.165, 1.54) is 81.6 Å². The zero-order valence-corrected chi connectivity index (χ0v) is 15.9. The summed E-state index contributed by atoms with van der Waals surface area (Å²) in [5.41, 5.74) is 0. The minimum atomic E-state index is 0. The monoisotopic (exact) mass is 328 g/mol. The number of hydrogen-bond acceptors (Lipinski definition) is 0. The third-order valence-electron chi connectivity index (χ3n) is 3.84. The Morgan fingerprint density at radius 2 is 1.06 bits per heavy atom. The maximum absolute atomic E-state index is 2.30. The summed E-state index contributed by atoms with van der Waals surface area (Å²) in [6.45, 7) is 4.60. The van der Waals surface area contributed by atoms with Crippen molar-refractivity contribution in [1.82, 2.24) is 0 Å². The summed E-state index contributed by atoms with van der Waals surface area (Å²) >= 11 is 2.18. The van der Waals surface area contributed by atoms with Crippen molar-refractivity contribution < 1.29 is 17.0 Å². The molecule has 2 heteroatoms. The molecule has 0 aromatic rings. The smallest absolute Gasteiger partial charge is 1.00 e. The molecule has 0 aliphatic carbocycles. The number of halogens is 1. The Morgan fingerprint density at radius 3 is 1.50 bits per heavy atom. The fourth-order valence-electron chi connectivity index (χ4n) is 2.51. The molecular weight excluding hydrogens is 296 g/mol. The van der Waals surface area contributed by atoms with Crippen LogP contribution in [-0.4, -0.2) is 21.7 Å². The molecule has 0 amide bonds. The van der Waals surface area contributed by atoms with Crippen LogP contribution in [0.25, 0.3) is 0 Å². The fraction of sp³-hybridized carbons (Fsp3) is 1.00. The Morgan fingerprint density at radius 1 is 0.667 bits per heavy atom. The SMILES string of the molecule is CCCCCCCCC([CH2][Mg+])CCCCCC.[Br-]. The normalized spacial score (nSPS) is 12.2. The molecular formula is C16H33BrMg. The van der Waals surface area contributed by atoms with Crippen LogP contribution in [0.2, 0.25) is 4.55 Å². The van der Waals surface area contributed by atoms with Crippen LogP contribution in [0.5, 0.6) is 0 Å². The molecule has 0 fully saturated rings. The van der Waals surface area contributed by atoms with Gasteiger partial charge in [0.05, 0.1) is 0 Å². The molecule has 0 aliphatic rings. The van der Waals surface area contributed by atoms with Crippen molar-refractivity contribution in [2.75, 3.05) is 0 Å². The summed E-state index contributed by atoms with van der Waals surface area (Å²) < 4.78 is 1.43. The largest absolute Gasteiger partial charge is 1.00 e. The first-order valence-corrected chi connectivity index (χ1v) is 9.14. The van der Waals surface area contributed by atoms with Gasteiger partial charge in [-0.15, -0.1) is 0 Å². The summed E-state index contributed by atoms with van der Waals surface area (Å²) in [5, 5.41) is 0. The van der Waals surface area contributed by atoms with E-state index in [2.05, 4.69) is 35.6 Å². The van der Waals surface area contributed by atoms with Gasteiger partial charge < -0.3 is 17.0 Å². The topological polar surface area (TPSA) is 0 Å². The summed E-state index contributed by atoms with van der Waals surface area (Å²) in [7, 11) is 0. The van der Waals surface area contributed by atoms with Crippen LogP contribution in [0.1, 0.15) is 90.9 Å². The van der Waals surface area contributed by atoms with Crippen molar-refractivity contribution in [3.05, 3.63) is 0 Å². The van der Waals surface area contributed by atoms with Gasteiger partial charge in [-0.25, -0.2) is 0 Å². The van der Waals surface area contributed by atoms with E-state index in [1.54, 1.807) is 0 Å². The minimum absolute atomic E-state index is 0. The van der Waals surface area contributed by atoms with Crippen LogP contribution in [0.4, 0.5) is 0 Å². The Hall–Kier alpha value is 1.25. The van der Waals surface area contributed by atoms with Gasteiger partial charge in [-0.1, -0.05) is 0 Å². The molecule has 0 saturated carbocycles. The molecule has 18 heavy (non-hydrogen) atoms. The predicted octanol–water partition coefficient (Wildman–Crippen LogP) is 2.91. The van der Waals surface area contributed by atoms with Gasteiger partial charge in [0.25, 0.3) is 0 Å². The zero-order chi connectivity index (χ0) is 12.8. The standard InChI is InChI=1S/C16H33.BrH.Mg/c1-4-6-8-10-11-13-15-16(3)14-12-9-7-5-2;;/h16H,3-15H2,1-2H3;1H;/q;;+1/p-1. The molecule has 0 rings (SSSR count). The Bertz CT molecular complexity index is 139. The number of unbranched alkanes of at least 4 members (excludes halogenated alkanes) is 8. The van der Waals surface area contributed by atoms with E-state index in [0.717, 1.165) is 5.92 Å². The molecule has 0 saturated heterocycles. The van der Waals surface area contributed by atoms with E-state index < -0.39 is 0 Å². The van der Waals surface area contributed by atoms with Crippen molar-refractivity contribution in [2.45, 2.75) is 95.4 Å². The fourth-order valence-corrected chi connectivity index (χ4v) is 3.08. The predicted molar refractivity (Wildman–Crippen MR) is 80.8 cm³/mol. The van der Waals surface area contributed by atoms with E-state index in [4.69, 9.17) is 0 Å². The summed E-state index contributed by atoms with van der Waals surface area (Å²) in [6.07, 6.45) is 17.5.